The minimum absolute atomic E-state index is 0.243. The molecule has 0 spiro atoms. The van der Waals surface area contributed by atoms with Gasteiger partial charge in [-0.1, -0.05) is 43.7 Å². The standard InChI is InChI=1S/C32H37N3O/c1-31-15-11-24(36-20-22-13-17-33-18-14-22)19-23(31)7-8-25-26-9-10-30(32(26,2)16-12-27(25)31)35-21-34-28-5-3-4-6-29(28)35/h3-6,10,13-14,17-19,21,24-27H,7-9,11-12,15-16,20H2,1-2H3. The summed E-state index contributed by atoms with van der Waals surface area (Å²) in [6.45, 7) is 5.82. The number of benzene rings is 1. The lowest BCUT2D eigenvalue weighted by Gasteiger charge is -2.58. The molecule has 2 saturated carbocycles. The Morgan fingerprint density at radius 3 is 2.69 bits per heavy atom. The average Bonchev–Trinajstić information content (AvgIpc) is 3.48. The lowest BCUT2D eigenvalue weighted by molar-refractivity contribution is -0.0366. The minimum atomic E-state index is 0.243. The van der Waals surface area contributed by atoms with Gasteiger partial charge in [-0.15, -0.1) is 0 Å². The molecule has 4 aliphatic carbocycles. The second kappa shape index (κ2) is 8.41. The fraction of sp³-hybridized carbons (Fsp3) is 0.500. The molecular formula is C32H37N3O. The summed E-state index contributed by atoms with van der Waals surface area (Å²) < 4.78 is 8.75. The first-order valence-corrected chi connectivity index (χ1v) is 13.9. The molecule has 1 aromatic carbocycles. The summed E-state index contributed by atoms with van der Waals surface area (Å²) in [6, 6.07) is 12.7. The minimum Gasteiger partial charge on any atom is -0.369 e. The third kappa shape index (κ3) is 3.37. The molecule has 0 amide bonds. The van der Waals surface area contributed by atoms with E-state index in [0.29, 0.717) is 12.0 Å². The number of fused-ring (bicyclic) bond motifs is 6. The Balaban J connectivity index is 1.11. The van der Waals surface area contributed by atoms with Crippen molar-refractivity contribution in [3.8, 4) is 0 Å². The summed E-state index contributed by atoms with van der Waals surface area (Å²) in [6.07, 6.45) is 19.9. The van der Waals surface area contributed by atoms with Crippen LogP contribution in [0.1, 0.15) is 64.4 Å². The van der Waals surface area contributed by atoms with Crippen molar-refractivity contribution >= 4 is 16.7 Å². The van der Waals surface area contributed by atoms with Gasteiger partial charge in [-0.05, 0) is 97.9 Å². The van der Waals surface area contributed by atoms with Gasteiger partial charge in [0, 0.05) is 23.5 Å². The second-order valence-corrected chi connectivity index (χ2v) is 12.2. The van der Waals surface area contributed by atoms with Gasteiger partial charge in [0.25, 0.3) is 0 Å². The SMILES string of the molecule is CC12CCC(OCc3ccncc3)C=C1CCC1C2CCC2(C)C(n3cnc4ccccc43)=CCC12. The Labute approximate surface area is 214 Å². The van der Waals surface area contributed by atoms with Crippen LogP contribution in [0.15, 0.2) is 72.8 Å². The van der Waals surface area contributed by atoms with Crippen molar-refractivity contribution in [3.05, 3.63) is 78.4 Å². The van der Waals surface area contributed by atoms with E-state index in [1.165, 1.54) is 55.3 Å². The van der Waals surface area contributed by atoms with Crippen molar-refractivity contribution in [2.75, 3.05) is 0 Å². The van der Waals surface area contributed by atoms with Crippen molar-refractivity contribution in [1.82, 2.24) is 14.5 Å². The van der Waals surface area contributed by atoms with E-state index < -0.39 is 0 Å². The second-order valence-electron chi connectivity index (χ2n) is 12.2. The van der Waals surface area contributed by atoms with Crippen LogP contribution < -0.4 is 0 Å². The summed E-state index contributed by atoms with van der Waals surface area (Å²) in [5.74, 6) is 2.35. The molecule has 0 aliphatic heterocycles. The average molecular weight is 480 g/mol. The molecule has 4 aliphatic rings. The van der Waals surface area contributed by atoms with E-state index >= 15 is 0 Å². The highest BCUT2D eigenvalue weighted by Crippen LogP contribution is 2.66. The summed E-state index contributed by atoms with van der Waals surface area (Å²) >= 11 is 0. The molecule has 2 fully saturated rings. The van der Waals surface area contributed by atoms with Gasteiger partial charge >= 0.3 is 0 Å². The van der Waals surface area contributed by atoms with Crippen LogP contribution in [-0.4, -0.2) is 20.6 Å². The number of aromatic nitrogens is 3. The van der Waals surface area contributed by atoms with Crippen LogP contribution in [0.2, 0.25) is 0 Å². The van der Waals surface area contributed by atoms with Crippen molar-refractivity contribution in [1.29, 1.82) is 0 Å². The number of pyridine rings is 1. The number of nitrogens with zero attached hydrogens (tertiary/aromatic N) is 3. The molecule has 3 aromatic rings. The highest BCUT2D eigenvalue weighted by Gasteiger charge is 2.57. The van der Waals surface area contributed by atoms with E-state index in [-0.39, 0.29) is 11.5 Å². The number of hydrogen-bond donors (Lipinski definition) is 0. The van der Waals surface area contributed by atoms with E-state index in [0.717, 1.165) is 29.7 Å². The fourth-order valence-corrected chi connectivity index (χ4v) is 8.58. The Hall–Kier alpha value is -2.72. The first-order chi connectivity index (χ1) is 17.6. The van der Waals surface area contributed by atoms with Gasteiger partial charge in [-0.2, -0.15) is 0 Å². The summed E-state index contributed by atoms with van der Waals surface area (Å²) in [5, 5.41) is 0. The summed E-state index contributed by atoms with van der Waals surface area (Å²) in [5.41, 5.74) is 7.32. The van der Waals surface area contributed by atoms with Gasteiger partial charge in [0.2, 0.25) is 0 Å². The molecule has 7 rings (SSSR count). The fourth-order valence-electron chi connectivity index (χ4n) is 8.58. The first kappa shape index (κ1) is 22.5. The molecule has 36 heavy (non-hydrogen) atoms. The topological polar surface area (TPSA) is 39.9 Å². The monoisotopic (exact) mass is 479 g/mol. The van der Waals surface area contributed by atoms with Crippen molar-refractivity contribution in [2.45, 2.75) is 71.5 Å². The van der Waals surface area contributed by atoms with E-state index in [4.69, 9.17) is 9.72 Å². The van der Waals surface area contributed by atoms with Crippen molar-refractivity contribution in [3.63, 3.8) is 0 Å². The van der Waals surface area contributed by atoms with Gasteiger partial charge in [-0.3, -0.25) is 4.98 Å². The van der Waals surface area contributed by atoms with Crippen LogP contribution in [0.5, 0.6) is 0 Å². The maximum absolute atomic E-state index is 6.35. The molecule has 6 unspecified atom stereocenters. The highest BCUT2D eigenvalue weighted by atomic mass is 16.5. The molecule has 6 atom stereocenters. The Morgan fingerprint density at radius 2 is 1.81 bits per heavy atom. The van der Waals surface area contributed by atoms with Gasteiger partial charge in [0.15, 0.2) is 0 Å². The van der Waals surface area contributed by atoms with E-state index in [2.05, 4.69) is 78.3 Å². The van der Waals surface area contributed by atoms with Crippen LogP contribution in [0, 0.1) is 28.6 Å². The van der Waals surface area contributed by atoms with Crippen molar-refractivity contribution < 1.29 is 4.74 Å². The largest absolute Gasteiger partial charge is 0.369 e. The van der Waals surface area contributed by atoms with E-state index in [9.17, 15) is 0 Å². The summed E-state index contributed by atoms with van der Waals surface area (Å²) in [7, 11) is 0. The molecule has 2 aromatic heterocycles. The Kier molecular flexibility index (Phi) is 5.25. The van der Waals surface area contributed by atoms with E-state index in [1.54, 1.807) is 5.57 Å². The third-order valence-electron chi connectivity index (χ3n) is 10.5. The number of imidazole rings is 1. The maximum atomic E-state index is 6.35. The van der Waals surface area contributed by atoms with Gasteiger partial charge < -0.3 is 9.30 Å². The van der Waals surface area contributed by atoms with Crippen LogP contribution in [-0.2, 0) is 11.3 Å². The normalized spacial score (nSPS) is 35.5. The third-order valence-corrected chi connectivity index (χ3v) is 10.5. The molecule has 0 saturated heterocycles. The molecular weight excluding hydrogens is 442 g/mol. The predicted molar refractivity (Wildman–Crippen MR) is 144 cm³/mol. The van der Waals surface area contributed by atoms with Gasteiger partial charge in [-0.25, -0.2) is 4.98 Å². The highest BCUT2D eigenvalue weighted by molar-refractivity contribution is 5.80. The van der Waals surface area contributed by atoms with Gasteiger partial charge in [0.05, 0.1) is 23.7 Å². The van der Waals surface area contributed by atoms with Crippen LogP contribution in [0.4, 0.5) is 0 Å². The molecule has 4 nitrogen and oxygen atoms in total. The number of para-hydroxylation sites is 2. The number of rotatable bonds is 4. The molecule has 0 N–H and O–H groups in total. The van der Waals surface area contributed by atoms with Crippen LogP contribution >= 0.6 is 0 Å². The Morgan fingerprint density at radius 1 is 0.972 bits per heavy atom. The van der Waals surface area contributed by atoms with E-state index in [1.807, 2.05) is 12.4 Å². The predicted octanol–water partition coefficient (Wildman–Crippen LogP) is 7.43. The molecule has 0 radical (unpaired) electrons. The van der Waals surface area contributed by atoms with Crippen LogP contribution in [0.25, 0.3) is 16.7 Å². The zero-order valence-corrected chi connectivity index (χ0v) is 21.6. The zero-order chi connectivity index (χ0) is 24.3. The molecule has 2 heterocycles. The quantitative estimate of drug-likeness (QED) is 0.365. The lowest BCUT2D eigenvalue weighted by Crippen LogP contribution is -2.50. The van der Waals surface area contributed by atoms with Crippen LogP contribution in [0.3, 0.4) is 0 Å². The smallest absolute Gasteiger partial charge is 0.100 e. The maximum Gasteiger partial charge on any atom is 0.100 e. The number of hydrogen-bond acceptors (Lipinski definition) is 3. The zero-order valence-electron chi connectivity index (χ0n) is 21.6. The summed E-state index contributed by atoms with van der Waals surface area (Å²) in [4.78, 5) is 8.85. The van der Waals surface area contributed by atoms with Gasteiger partial charge in [0.1, 0.15) is 6.33 Å². The lowest BCUT2D eigenvalue weighted by atomic mass is 9.47. The molecule has 4 heteroatoms. The molecule has 0 bridgehead atoms. The van der Waals surface area contributed by atoms with Crippen molar-refractivity contribution in [2.24, 2.45) is 28.6 Å². The molecule has 186 valence electrons. The Bertz CT molecular complexity index is 1340. The first-order valence-electron chi connectivity index (χ1n) is 13.9. The number of ether oxygens (including phenoxy) is 1. The number of allylic oxidation sites excluding steroid dienone is 3.